The van der Waals surface area contributed by atoms with Crippen molar-refractivity contribution in [1.82, 2.24) is 10.2 Å². The zero-order valence-electron chi connectivity index (χ0n) is 8.79. The Balaban J connectivity index is 2.26. The van der Waals surface area contributed by atoms with E-state index in [0.29, 0.717) is 5.75 Å². The molecule has 0 saturated carbocycles. The van der Waals surface area contributed by atoms with E-state index < -0.39 is 10.5 Å². The number of nitro benzene ring substituents is 1. The molecule has 8 heteroatoms. The maximum atomic E-state index is 11.2. The summed E-state index contributed by atoms with van der Waals surface area (Å²) < 4.78 is 5.29. The van der Waals surface area contributed by atoms with Crippen molar-refractivity contribution in [2.75, 3.05) is 0 Å². The molecule has 0 fully saturated rings. The first-order valence-corrected chi connectivity index (χ1v) is 5.11. The first kappa shape index (κ1) is 12.1. The van der Waals surface area contributed by atoms with Crippen molar-refractivity contribution >= 4 is 17.3 Å². The molecule has 0 aliphatic carbocycles. The van der Waals surface area contributed by atoms with Crippen LogP contribution in [0.1, 0.15) is 0 Å². The van der Waals surface area contributed by atoms with Gasteiger partial charge >= 0.3 is 0 Å². The molecule has 18 heavy (non-hydrogen) atoms. The Labute approximate surface area is 105 Å². The smallest absolute Gasteiger partial charge is 0.286 e. The molecule has 0 spiro atoms. The maximum absolute atomic E-state index is 11.2. The molecule has 0 amide bonds. The summed E-state index contributed by atoms with van der Waals surface area (Å²) in [4.78, 5) is 21.1. The predicted molar refractivity (Wildman–Crippen MR) is 63.0 cm³/mol. The molecule has 0 unspecified atom stereocenters. The van der Waals surface area contributed by atoms with Gasteiger partial charge < -0.3 is 4.74 Å². The zero-order valence-corrected chi connectivity index (χ0v) is 9.55. The summed E-state index contributed by atoms with van der Waals surface area (Å²) >= 11 is 5.71. The van der Waals surface area contributed by atoms with Gasteiger partial charge in [0, 0.05) is 12.1 Å². The lowest BCUT2D eigenvalue weighted by atomic mass is 10.3. The van der Waals surface area contributed by atoms with E-state index in [4.69, 9.17) is 16.3 Å². The molecule has 92 valence electrons. The fourth-order valence-electron chi connectivity index (χ4n) is 1.20. The highest BCUT2D eigenvalue weighted by atomic mass is 35.5. The van der Waals surface area contributed by atoms with Gasteiger partial charge in [-0.3, -0.25) is 14.9 Å². The Hall–Kier alpha value is -2.41. The highest BCUT2D eigenvalue weighted by Crippen LogP contribution is 2.26. The lowest BCUT2D eigenvalue weighted by Gasteiger charge is -2.05. The van der Waals surface area contributed by atoms with E-state index in [0.717, 1.165) is 0 Å². The predicted octanol–water partition coefficient (Wildman–Crippen LogP) is 2.12. The number of aromatic nitrogens is 2. The number of non-ortho nitro benzene ring substituents is 1. The Morgan fingerprint density at radius 3 is 2.61 bits per heavy atom. The van der Waals surface area contributed by atoms with E-state index >= 15 is 0 Å². The van der Waals surface area contributed by atoms with E-state index in [1.54, 1.807) is 0 Å². The first-order chi connectivity index (χ1) is 8.58. The van der Waals surface area contributed by atoms with E-state index in [-0.39, 0.29) is 16.5 Å². The van der Waals surface area contributed by atoms with Crippen LogP contribution in [0.25, 0.3) is 0 Å². The molecular formula is C10H6ClN3O4. The van der Waals surface area contributed by atoms with Gasteiger partial charge in [0.1, 0.15) is 5.75 Å². The summed E-state index contributed by atoms with van der Waals surface area (Å²) in [5.41, 5.74) is -0.631. The Morgan fingerprint density at radius 2 is 2.00 bits per heavy atom. The van der Waals surface area contributed by atoms with Crippen molar-refractivity contribution < 1.29 is 9.66 Å². The van der Waals surface area contributed by atoms with Crippen LogP contribution in [0.4, 0.5) is 5.69 Å². The summed E-state index contributed by atoms with van der Waals surface area (Å²) in [6.45, 7) is 0. The lowest BCUT2D eigenvalue weighted by molar-refractivity contribution is -0.384. The number of nitro groups is 1. The van der Waals surface area contributed by atoms with Gasteiger partial charge in [-0.2, -0.15) is 5.10 Å². The quantitative estimate of drug-likeness (QED) is 0.678. The van der Waals surface area contributed by atoms with Gasteiger partial charge in [-0.1, -0.05) is 11.6 Å². The SMILES string of the molecule is O=c1[nH]ncc(Oc2ccc([N+](=O)[O-])cc2)c1Cl. The van der Waals surface area contributed by atoms with Crippen LogP contribution < -0.4 is 10.3 Å². The number of benzene rings is 1. The number of aromatic amines is 1. The number of ether oxygens (including phenoxy) is 1. The standard InChI is InChI=1S/C10H6ClN3O4/c11-9-8(5-12-13-10(9)15)18-7-3-1-6(2-4-7)14(16)17/h1-5H,(H,13,15). The lowest BCUT2D eigenvalue weighted by Crippen LogP contribution is -2.08. The van der Waals surface area contributed by atoms with Crippen LogP contribution in [0, 0.1) is 10.1 Å². The number of halogens is 1. The van der Waals surface area contributed by atoms with Crippen molar-refractivity contribution in [2.45, 2.75) is 0 Å². The molecule has 0 saturated heterocycles. The highest BCUT2D eigenvalue weighted by molar-refractivity contribution is 6.31. The fourth-order valence-corrected chi connectivity index (χ4v) is 1.33. The van der Waals surface area contributed by atoms with Gasteiger partial charge in [-0.15, -0.1) is 0 Å². The van der Waals surface area contributed by atoms with Crippen LogP contribution in [-0.4, -0.2) is 15.1 Å². The Kier molecular flexibility index (Phi) is 3.24. The number of H-pyrrole nitrogens is 1. The minimum atomic E-state index is -0.573. The average Bonchev–Trinajstić information content (AvgIpc) is 2.36. The van der Waals surface area contributed by atoms with Crippen LogP contribution in [-0.2, 0) is 0 Å². The molecule has 7 nitrogen and oxygen atoms in total. The topological polar surface area (TPSA) is 98.1 Å². The van der Waals surface area contributed by atoms with Gasteiger partial charge in [-0.25, -0.2) is 5.10 Å². The van der Waals surface area contributed by atoms with Gasteiger partial charge in [0.25, 0.3) is 11.2 Å². The number of nitrogens with one attached hydrogen (secondary N) is 1. The monoisotopic (exact) mass is 267 g/mol. The second kappa shape index (κ2) is 4.84. The van der Waals surface area contributed by atoms with Crippen LogP contribution in [0.2, 0.25) is 5.02 Å². The van der Waals surface area contributed by atoms with Crippen LogP contribution in [0.5, 0.6) is 11.5 Å². The second-order valence-corrected chi connectivity index (χ2v) is 3.61. The molecule has 1 heterocycles. The van der Waals surface area contributed by atoms with Crippen molar-refractivity contribution in [3.63, 3.8) is 0 Å². The summed E-state index contributed by atoms with van der Waals surface area (Å²) in [7, 11) is 0. The average molecular weight is 268 g/mol. The van der Waals surface area contributed by atoms with Gasteiger partial charge in [-0.05, 0) is 12.1 Å². The molecular weight excluding hydrogens is 262 g/mol. The van der Waals surface area contributed by atoms with Crippen molar-refractivity contribution in [3.8, 4) is 11.5 Å². The normalized spacial score (nSPS) is 10.1. The number of nitrogens with zero attached hydrogens (tertiary/aromatic N) is 2. The van der Waals surface area contributed by atoms with Crippen LogP contribution >= 0.6 is 11.6 Å². The van der Waals surface area contributed by atoms with E-state index in [9.17, 15) is 14.9 Å². The zero-order chi connectivity index (χ0) is 13.1. The molecule has 1 aromatic carbocycles. The molecule has 0 aliphatic rings. The summed E-state index contributed by atoms with van der Waals surface area (Å²) in [5.74, 6) is 0.393. The number of rotatable bonds is 3. The van der Waals surface area contributed by atoms with Crippen molar-refractivity contribution in [2.24, 2.45) is 0 Å². The molecule has 2 rings (SSSR count). The van der Waals surface area contributed by atoms with Gasteiger partial charge in [0.05, 0.1) is 11.1 Å². The first-order valence-electron chi connectivity index (χ1n) is 4.73. The second-order valence-electron chi connectivity index (χ2n) is 3.23. The minimum absolute atomic E-state index is 0.0579. The van der Waals surface area contributed by atoms with E-state index in [2.05, 4.69) is 10.2 Å². The highest BCUT2D eigenvalue weighted by Gasteiger charge is 2.09. The molecule has 0 bridgehead atoms. The third kappa shape index (κ3) is 2.46. The number of hydrogen-bond donors (Lipinski definition) is 1. The van der Waals surface area contributed by atoms with E-state index in [1.165, 1.54) is 30.5 Å². The van der Waals surface area contributed by atoms with Crippen LogP contribution in [0.3, 0.4) is 0 Å². The Bertz CT molecular complexity index is 638. The number of hydrogen-bond acceptors (Lipinski definition) is 5. The minimum Gasteiger partial charge on any atom is -0.454 e. The van der Waals surface area contributed by atoms with Gasteiger partial charge in [0.2, 0.25) is 0 Å². The van der Waals surface area contributed by atoms with Crippen LogP contribution in [0.15, 0.2) is 35.3 Å². The summed E-state index contributed by atoms with van der Waals surface area (Å²) in [6, 6.07) is 5.36. The van der Waals surface area contributed by atoms with Crippen molar-refractivity contribution in [1.29, 1.82) is 0 Å². The molecule has 1 N–H and O–H groups in total. The maximum Gasteiger partial charge on any atom is 0.286 e. The molecule has 0 atom stereocenters. The molecule has 1 aromatic heterocycles. The Morgan fingerprint density at radius 1 is 1.33 bits per heavy atom. The fraction of sp³-hybridized carbons (Fsp3) is 0. The molecule has 0 aliphatic heterocycles. The molecule has 2 aromatic rings. The summed E-state index contributed by atoms with van der Waals surface area (Å²) in [5, 5.41) is 16.0. The van der Waals surface area contributed by atoms with Gasteiger partial charge in [0.15, 0.2) is 10.8 Å². The largest absolute Gasteiger partial charge is 0.454 e. The third-order valence-electron chi connectivity index (χ3n) is 2.04. The molecule has 0 radical (unpaired) electrons. The third-order valence-corrected chi connectivity index (χ3v) is 2.40. The van der Waals surface area contributed by atoms with E-state index in [1.807, 2.05) is 0 Å². The summed E-state index contributed by atoms with van der Waals surface area (Å²) in [6.07, 6.45) is 1.24. The van der Waals surface area contributed by atoms with Crippen molar-refractivity contribution in [3.05, 3.63) is 56.0 Å².